The second-order valence-electron chi connectivity index (χ2n) is 4.41. The molecule has 0 N–H and O–H groups in total. The largest absolute Gasteiger partial charge is 0.367 e. The SMILES string of the molecule is Cc1ccc(N2CCC(C#N)C2C)c(Br)c1. The summed E-state index contributed by atoms with van der Waals surface area (Å²) in [5.41, 5.74) is 2.45. The molecule has 2 unspecified atom stereocenters. The Hall–Kier alpha value is -1.01. The molecule has 1 saturated heterocycles. The van der Waals surface area contributed by atoms with Crippen molar-refractivity contribution in [2.75, 3.05) is 11.4 Å². The Labute approximate surface area is 105 Å². The van der Waals surface area contributed by atoms with Crippen molar-refractivity contribution in [2.24, 2.45) is 5.92 Å². The van der Waals surface area contributed by atoms with Crippen LogP contribution in [0.1, 0.15) is 18.9 Å². The molecule has 1 aliphatic heterocycles. The van der Waals surface area contributed by atoms with Crippen molar-refractivity contribution in [2.45, 2.75) is 26.3 Å². The zero-order chi connectivity index (χ0) is 11.7. The summed E-state index contributed by atoms with van der Waals surface area (Å²) in [7, 11) is 0. The Morgan fingerprint density at radius 2 is 2.25 bits per heavy atom. The molecule has 1 fully saturated rings. The van der Waals surface area contributed by atoms with Crippen molar-refractivity contribution in [1.29, 1.82) is 5.26 Å². The van der Waals surface area contributed by atoms with E-state index in [1.54, 1.807) is 0 Å². The first kappa shape index (κ1) is 11.5. The van der Waals surface area contributed by atoms with Crippen LogP contribution in [0.2, 0.25) is 0 Å². The Morgan fingerprint density at radius 3 is 2.81 bits per heavy atom. The third-order valence-electron chi connectivity index (χ3n) is 3.33. The van der Waals surface area contributed by atoms with Gasteiger partial charge in [-0.15, -0.1) is 0 Å². The number of aryl methyl sites for hydroxylation is 1. The van der Waals surface area contributed by atoms with Gasteiger partial charge in [0.2, 0.25) is 0 Å². The van der Waals surface area contributed by atoms with Crippen molar-refractivity contribution in [1.82, 2.24) is 0 Å². The van der Waals surface area contributed by atoms with Gasteiger partial charge in [-0.3, -0.25) is 0 Å². The minimum Gasteiger partial charge on any atom is -0.367 e. The van der Waals surface area contributed by atoms with Crippen LogP contribution in [-0.2, 0) is 0 Å². The molecular weight excluding hydrogens is 264 g/mol. The summed E-state index contributed by atoms with van der Waals surface area (Å²) in [6.45, 7) is 5.19. The van der Waals surface area contributed by atoms with E-state index in [9.17, 15) is 0 Å². The van der Waals surface area contributed by atoms with Gasteiger partial charge in [0, 0.05) is 17.1 Å². The predicted octanol–water partition coefficient (Wildman–Crippen LogP) is 3.50. The highest BCUT2D eigenvalue weighted by molar-refractivity contribution is 9.10. The molecule has 16 heavy (non-hydrogen) atoms. The standard InChI is InChI=1S/C13H15BrN2/c1-9-3-4-13(12(14)7-9)16-6-5-11(8-15)10(16)2/h3-4,7,10-11H,5-6H2,1-2H3. The Kier molecular flexibility index (Phi) is 3.20. The summed E-state index contributed by atoms with van der Waals surface area (Å²) in [4.78, 5) is 2.32. The van der Waals surface area contributed by atoms with Crippen molar-refractivity contribution in [3.8, 4) is 6.07 Å². The molecule has 0 spiro atoms. The highest BCUT2D eigenvalue weighted by Crippen LogP contribution is 2.34. The molecule has 84 valence electrons. The second kappa shape index (κ2) is 4.47. The number of nitrogens with zero attached hydrogens (tertiary/aromatic N) is 2. The lowest BCUT2D eigenvalue weighted by atomic mass is 10.0. The maximum atomic E-state index is 9.03. The molecule has 1 aliphatic rings. The van der Waals surface area contributed by atoms with E-state index in [1.165, 1.54) is 11.3 Å². The van der Waals surface area contributed by atoms with E-state index in [0.717, 1.165) is 17.4 Å². The number of nitriles is 1. The van der Waals surface area contributed by atoms with Crippen LogP contribution in [0.3, 0.4) is 0 Å². The average Bonchev–Trinajstić information content (AvgIpc) is 2.60. The fourth-order valence-corrected chi connectivity index (χ4v) is 3.02. The van der Waals surface area contributed by atoms with Crippen LogP contribution >= 0.6 is 15.9 Å². The van der Waals surface area contributed by atoms with E-state index < -0.39 is 0 Å². The Bertz CT molecular complexity index is 436. The molecule has 0 bridgehead atoms. The zero-order valence-corrected chi connectivity index (χ0v) is 11.2. The van der Waals surface area contributed by atoms with E-state index in [1.807, 2.05) is 0 Å². The predicted molar refractivity (Wildman–Crippen MR) is 69.4 cm³/mol. The van der Waals surface area contributed by atoms with E-state index >= 15 is 0 Å². The van der Waals surface area contributed by atoms with Crippen LogP contribution < -0.4 is 4.90 Å². The lowest BCUT2D eigenvalue weighted by Crippen LogP contribution is -2.29. The van der Waals surface area contributed by atoms with Gasteiger partial charge in [-0.25, -0.2) is 0 Å². The van der Waals surface area contributed by atoms with Gasteiger partial charge in [0.25, 0.3) is 0 Å². The average molecular weight is 279 g/mol. The monoisotopic (exact) mass is 278 g/mol. The van der Waals surface area contributed by atoms with Crippen LogP contribution in [0, 0.1) is 24.2 Å². The topological polar surface area (TPSA) is 27.0 Å². The molecular formula is C13H15BrN2. The van der Waals surface area contributed by atoms with Gasteiger partial charge < -0.3 is 4.90 Å². The van der Waals surface area contributed by atoms with Crippen molar-refractivity contribution < 1.29 is 0 Å². The molecule has 0 radical (unpaired) electrons. The first-order chi connectivity index (χ1) is 7.63. The number of anilines is 1. The second-order valence-corrected chi connectivity index (χ2v) is 5.27. The highest BCUT2D eigenvalue weighted by atomic mass is 79.9. The quantitative estimate of drug-likeness (QED) is 0.786. The van der Waals surface area contributed by atoms with Crippen LogP contribution in [0.15, 0.2) is 22.7 Å². The van der Waals surface area contributed by atoms with E-state index in [4.69, 9.17) is 5.26 Å². The number of rotatable bonds is 1. The molecule has 0 aromatic heterocycles. The van der Waals surface area contributed by atoms with Gasteiger partial charge in [0.15, 0.2) is 0 Å². The van der Waals surface area contributed by atoms with Gasteiger partial charge in [-0.1, -0.05) is 6.07 Å². The summed E-state index contributed by atoms with van der Waals surface area (Å²) in [6.07, 6.45) is 0.970. The maximum absolute atomic E-state index is 9.03. The molecule has 1 aromatic rings. The van der Waals surface area contributed by atoms with Crippen molar-refractivity contribution in [3.05, 3.63) is 28.2 Å². The van der Waals surface area contributed by atoms with Crippen LogP contribution in [-0.4, -0.2) is 12.6 Å². The number of hydrogen-bond donors (Lipinski definition) is 0. The van der Waals surface area contributed by atoms with Crippen LogP contribution in [0.5, 0.6) is 0 Å². The Balaban J connectivity index is 2.29. The summed E-state index contributed by atoms with van der Waals surface area (Å²) < 4.78 is 1.12. The summed E-state index contributed by atoms with van der Waals surface area (Å²) >= 11 is 3.60. The fraction of sp³-hybridized carbons (Fsp3) is 0.462. The molecule has 0 aliphatic carbocycles. The van der Waals surface area contributed by atoms with Gasteiger partial charge in [-0.2, -0.15) is 5.26 Å². The minimum atomic E-state index is 0.160. The highest BCUT2D eigenvalue weighted by Gasteiger charge is 2.31. The lowest BCUT2D eigenvalue weighted by Gasteiger charge is -2.26. The fourth-order valence-electron chi connectivity index (χ4n) is 2.30. The van der Waals surface area contributed by atoms with E-state index in [2.05, 4.69) is 58.9 Å². The third kappa shape index (κ3) is 1.94. The molecule has 2 rings (SSSR count). The normalized spacial score (nSPS) is 24.5. The van der Waals surface area contributed by atoms with Crippen molar-refractivity contribution in [3.63, 3.8) is 0 Å². The molecule has 1 aromatic carbocycles. The molecule has 3 heteroatoms. The third-order valence-corrected chi connectivity index (χ3v) is 3.97. The first-order valence-electron chi connectivity index (χ1n) is 5.56. The maximum Gasteiger partial charge on any atom is 0.0681 e. The van der Waals surface area contributed by atoms with Crippen LogP contribution in [0.25, 0.3) is 0 Å². The molecule has 0 amide bonds. The smallest absolute Gasteiger partial charge is 0.0681 e. The number of benzene rings is 1. The number of hydrogen-bond acceptors (Lipinski definition) is 2. The van der Waals surface area contributed by atoms with E-state index in [-0.39, 0.29) is 5.92 Å². The molecule has 2 atom stereocenters. The van der Waals surface area contributed by atoms with Gasteiger partial charge >= 0.3 is 0 Å². The van der Waals surface area contributed by atoms with Gasteiger partial charge in [0.05, 0.1) is 17.7 Å². The van der Waals surface area contributed by atoms with Crippen LogP contribution in [0.4, 0.5) is 5.69 Å². The first-order valence-corrected chi connectivity index (χ1v) is 6.35. The zero-order valence-electron chi connectivity index (χ0n) is 9.57. The molecule has 2 nitrogen and oxygen atoms in total. The van der Waals surface area contributed by atoms with Gasteiger partial charge in [-0.05, 0) is 53.9 Å². The number of halogens is 1. The minimum absolute atomic E-state index is 0.160. The summed E-state index contributed by atoms with van der Waals surface area (Å²) in [5.74, 6) is 0.160. The lowest BCUT2D eigenvalue weighted by molar-refractivity contribution is 0.615. The summed E-state index contributed by atoms with van der Waals surface area (Å²) in [5, 5.41) is 9.03. The van der Waals surface area contributed by atoms with Crippen molar-refractivity contribution >= 4 is 21.6 Å². The Morgan fingerprint density at radius 1 is 1.50 bits per heavy atom. The summed E-state index contributed by atoms with van der Waals surface area (Å²) in [6, 6.07) is 9.08. The van der Waals surface area contributed by atoms with E-state index in [0.29, 0.717) is 6.04 Å². The van der Waals surface area contributed by atoms with Gasteiger partial charge in [0.1, 0.15) is 0 Å². The molecule has 1 heterocycles. The molecule has 0 saturated carbocycles.